The van der Waals surface area contributed by atoms with Crippen molar-refractivity contribution in [3.05, 3.63) is 217 Å². The van der Waals surface area contributed by atoms with E-state index in [1.165, 1.54) is 0 Å². The van der Waals surface area contributed by atoms with Gasteiger partial charge in [0.2, 0.25) is 0 Å². The van der Waals surface area contributed by atoms with Crippen molar-refractivity contribution in [3.8, 4) is 44.5 Å². The first-order chi connectivity index (χ1) is 26.8. The molecule has 9 aromatic rings. The molecule has 0 atom stereocenters. The molecule has 0 radical (unpaired) electrons. The monoisotopic (exact) mass is 740 g/mol. The molecule has 0 aliphatic heterocycles. The van der Waals surface area contributed by atoms with E-state index in [4.69, 9.17) is 0 Å². The van der Waals surface area contributed by atoms with Gasteiger partial charge in [-0.3, -0.25) is 0 Å². The zero-order valence-electron chi connectivity index (χ0n) is 31.3. The van der Waals surface area contributed by atoms with Gasteiger partial charge in [-0.15, -0.1) is 46.5 Å². The molecule has 0 N–H and O–H groups in total. The summed E-state index contributed by atoms with van der Waals surface area (Å²) in [6.07, 6.45) is 0. The smallest absolute Gasteiger partial charge is 0.350 e. The SMILES string of the molecule is [Li+].[Li+].[c-]1sc(N(c2ccccc2)c2ccccc2)c(-c2ccccc2)c1-c1ccc(-c2[c-]sc(N(c3ccccc3)c3ccccc3)c2-c2ccccc2)cc1. The summed E-state index contributed by atoms with van der Waals surface area (Å²) in [5.74, 6) is 0. The number of hydrogen-bond donors (Lipinski definition) is 0. The van der Waals surface area contributed by atoms with Gasteiger partial charge in [0.15, 0.2) is 0 Å². The summed E-state index contributed by atoms with van der Waals surface area (Å²) < 4.78 is 0. The van der Waals surface area contributed by atoms with Crippen molar-refractivity contribution >= 4 is 55.4 Å². The summed E-state index contributed by atoms with van der Waals surface area (Å²) in [4.78, 5) is 4.70. The van der Waals surface area contributed by atoms with E-state index in [2.05, 4.69) is 227 Å². The molecule has 0 fully saturated rings. The summed E-state index contributed by atoms with van der Waals surface area (Å²) >= 11 is 3.31. The fraction of sp³-hybridized carbons (Fsp3) is 0. The van der Waals surface area contributed by atoms with Gasteiger partial charge < -0.3 is 9.80 Å². The largest absolute Gasteiger partial charge is 1.00 e. The summed E-state index contributed by atoms with van der Waals surface area (Å²) in [6.45, 7) is 0. The van der Waals surface area contributed by atoms with E-state index in [0.29, 0.717) is 0 Å². The molecule has 0 unspecified atom stereocenters. The fourth-order valence-corrected chi connectivity index (χ4v) is 9.05. The van der Waals surface area contributed by atoms with Gasteiger partial charge in [0, 0.05) is 22.7 Å². The average molecular weight is 741 g/mol. The van der Waals surface area contributed by atoms with Crippen LogP contribution >= 0.6 is 22.7 Å². The van der Waals surface area contributed by atoms with Crippen LogP contribution in [0.15, 0.2) is 206 Å². The molecule has 0 amide bonds. The van der Waals surface area contributed by atoms with Crippen LogP contribution in [0.1, 0.15) is 0 Å². The summed E-state index contributed by atoms with van der Waals surface area (Å²) in [5, 5.41) is 9.75. The van der Waals surface area contributed by atoms with Gasteiger partial charge in [-0.1, -0.05) is 166 Å². The van der Waals surface area contributed by atoms with Gasteiger partial charge in [-0.2, -0.15) is 0 Å². The summed E-state index contributed by atoms with van der Waals surface area (Å²) in [7, 11) is 0. The van der Waals surface area contributed by atoms with Crippen LogP contribution in [0, 0.1) is 10.8 Å². The van der Waals surface area contributed by atoms with E-state index >= 15 is 0 Å². The van der Waals surface area contributed by atoms with Crippen LogP contribution in [0.5, 0.6) is 0 Å². The third-order valence-corrected chi connectivity index (χ3v) is 11.3. The molecular weight excluding hydrogens is 707 g/mol. The standard InChI is InChI=1S/C50H34N2S2.2Li/c1-7-19-39(20-8-1)47-45(35-53-49(47)51(41-23-11-3-12-24-41)42-25-13-4-14-26-42)37-31-33-38(34-32-37)46-36-54-50(48(46)40-21-9-2-10-22-40)52(43-27-15-5-16-28-43)44-29-17-6-18-30-44;;/h1-34H;;/q-2;2*+1. The molecule has 2 heterocycles. The predicted octanol–water partition coefficient (Wildman–Crippen LogP) is 9.03. The zero-order chi connectivity index (χ0) is 36.1. The maximum absolute atomic E-state index is 3.75. The summed E-state index contributed by atoms with van der Waals surface area (Å²) in [6, 6.07) is 72.8. The molecular formula is C50H34Li2N2S2. The molecule has 0 aliphatic carbocycles. The Bertz CT molecular complexity index is 2320. The Morgan fingerprint density at radius 2 is 0.536 bits per heavy atom. The van der Waals surface area contributed by atoms with Crippen LogP contribution in [0.2, 0.25) is 0 Å². The third-order valence-electron chi connectivity index (χ3n) is 9.48. The Kier molecular flexibility index (Phi) is 12.6. The second kappa shape index (κ2) is 18.1. The first-order valence-electron chi connectivity index (χ1n) is 17.9. The zero-order valence-corrected chi connectivity index (χ0v) is 33.0. The molecule has 2 aromatic heterocycles. The van der Waals surface area contributed by atoms with E-state index in [1.807, 2.05) is 0 Å². The Morgan fingerprint density at radius 1 is 0.286 bits per heavy atom. The predicted molar refractivity (Wildman–Crippen MR) is 231 cm³/mol. The van der Waals surface area contributed by atoms with Crippen molar-refractivity contribution in [2.75, 3.05) is 9.80 Å². The van der Waals surface area contributed by atoms with E-state index in [1.54, 1.807) is 22.7 Å². The van der Waals surface area contributed by atoms with Crippen molar-refractivity contribution in [1.29, 1.82) is 0 Å². The number of anilines is 6. The first kappa shape index (κ1) is 39.0. The van der Waals surface area contributed by atoms with Gasteiger partial charge in [-0.05, 0) is 58.5 Å². The Balaban J connectivity index is 0.00000240. The van der Waals surface area contributed by atoms with Gasteiger partial charge in [0.25, 0.3) is 0 Å². The number of thiophene rings is 2. The third kappa shape index (κ3) is 7.88. The number of benzene rings is 7. The van der Waals surface area contributed by atoms with Crippen LogP contribution in [0.3, 0.4) is 0 Å². The van der Waals surface area contributed by atoms with Gasteiger partial charge in [0.1, 0.15) is 0 Å². The van der Waals surface area contributed by atoms with Crippen molar-refractivity contribution < 1.29 is 37.7 Å². The molecule has 6 heteroatoms. The van der Waals surface area contributed by atoms with Crippen LogP contribution in [-0.4, -0.2) is 0 Å². The molecule has 0 aliphatic rings. The van der Waals surface area contributed by atoms with Crippen molar-refractivity contribution in [3.63, 3.8) is 0 Å². The van der Waals surface area contributed by atoms with Gasteiger partial charge in [0.05, 0.1) is 0 Å². The molecule has 9 rings (SSSR count). The minimum atomic E-state index is 0. The molecule has 56 heavy (non-hydrogen) atoms. The van der Waals surface area contributed by atoms with E-state index in [0.717, 1.165) is 77.3 Å². The summed E-state index contributed by atoms with van der Waals surface area (Å²) in [5.41, 5.74) is 13.5. The normalized spacial score (nSPS) is 10.6. The quantitative estimate of drug-likeness (QED) is 0.102. The van der Waals surface area contributed by atoms with Gasteiger partial charge >= 0.3 is 37.7 Å². The number of nitrogens with zero attached hydrogens (tertiary/aromatic N) is 2. The molecule has 0 saturated carbocycles. The van der Waals surface area contributed by atoms with Gasteiger partial charge in [-0.25, -0.2) is 22.7 Å². The molecule has 2 nitrogen and oxygen atoms in total. The Morgan fingerprint density at radius 3 is 0.804 bits per heavy atom. The van der Waals surface area contributed by atoms with Crippen LogP contribution in [0.25, 0.3) is 44.5 Å². The Hall–Kier alpha value is -5.27. The topological polar surface area (TPSA) is 6.48 Å². The van der Waals surface area contributed by atoms with E-state index in [9.17, 15) is 0 Å². The van der Waals surface area contributed by atoms with Crippen LogP contribution < -0.4 is 47.5 Å². The average Bonchev–Trinajstić information content (AvgIpc) is 3.89. The minimum Gasteiger partial charge on any atom is -0.350 e. The maximum Gasteiger partial charge on any atom is 1.00 e. The fourth-order valence-electron chi connectivity index (χ4n) is 6.96. The molecule has 0 bridgehead atoms. The van der Waals surface area contributed by atoms with Crippen molar-refractivity contribution in [2.24, 2.45) is 0 Å². The second-order valence-electron chi connectivity index (χ2n) is 12.8. The van der Waals surface area contributed by atoms with E-state index < -0.39 is 0 Å². The Labute approximate surface area is 361 Å². The number of para-hydroxylation sites is 4. The van der Waals surface area contributed by atoms with Crippen LogP contribution in [-0.2, 0) is 0 Å². The van der Waals surface area contributed by atoms with Crippen molar-refractivity contribution in [2.45, 2.75) is 0 Å². The molecule has 0 saturated heterocycles. The molecule has 0 spiro atoms. The van der Waals surface area contributed by atoms with Crippen molar-refractivity contribution in [1.82, 2.24) is 0 Å². The number of rotatable bonds is 10. The first-order valence-corrected chi connectivity index (χ1v) is 19.6. The molecule has 7 aromatic carbocycles. The van der Waals surface area contributed by atoms with Crippen LogP contribution in [0.4, 0.5) is 32.8 Å². The maximum atomic E-state index is 3.75. The second-order valence-corrected chi connectivity index (χ2v) is 14.4. The van der Waals surface area contributed by atoms with E-state index in [-0.39, 0.29) is 37.7 Å². The minimum absolute atomic E-state index is 0. The number of hydrogen-bond acceptors (Lipinski definition) is 4. The molecule has 258 valence electrons.